The van der Waals surface area contributed by atoms with Crippen LogP contribution in [0.2, 0.25) is 4.34 Å². The molecule has 0 aliphatic heterocycles. The van der Waals surface area contributed by atoms with E-state index in [1.165, 1.54) is 11.3 Å². The molecule has 0 aliphatic rings. The Labute approximate surface area is 111 Å². The monoisotopic (exact) mass is 275 g/mol. The first-order valence-electron chi connectivity index (χ1n) is 5.46. The number of nitrogens with zero attached hydrogens (tertiary/aromatic N) is 1. The number of hydrogen-bond donors (Lipinski definition) is 3. The number of aliphatic hydroxyl groups excluding tert-OH is 1. The van der Waals surface area contributed by atoms with Crippen molar-refractivity contribution in [2.75, 3.05) is 13.1 Å². The predicted molar refractivity (Wildman–Crippen MR) is 73.6 cm³/mol. The molecule has 17 heavy (non-hydrogen) atoms. The SMILES string of the molecule is CC(C)CN=C(N)NCC(O)c1ccc(Cl)s1. The lowest BCUT2D eigenvalue weighted by molar-refractivity contribution is 0.185. The van der Waals surface area contributed by atoms with E-state index in [4.69, 9.17) is 17.3 Å². The van der Waals surface area contributed by atoms with E-state index in [-0.39, 0.29) is 0 Å². The number of hydrogen-bond acceptors (Lipinski definition) is 3. The second-order valence-corrected chi connectivity index (χ2v) is 5.91. The summed E-state index contributed by atoms with van der Waals surface area (Å²) < 4.78 is 0.667. The van der Waals surface area contributed by atoms with Gasteiger partial charge >= 0.3 is 0 Å². The number of rotatable bonds is 5. The highest BCUT2D eigenvalue weighted by Gasteiger charge is 2.10. The van der Waals surface area contributed by atoms with E-state index in [2.05, 4.69) is 24.2 Å². The van der Waals surface area contributed by atoms with E-state index in [9.17, 15) is 5.11 Å². The van der Waals surface area contributed by atoms with E-state index in [1.807, 2.05) is 0 Å². The first-order valence-corrected chi connectivity index (χ1v) is 6.65. The highest BCUT2D eigenvalue weighted by Crippen LogP contribution is 2.26. The van der Waals surface area contributed by atoms with Crippen LogP contribution in [0, 0.1) is 5.92 Å². The molecule has 1 unspecified atom stereocenters. The average molecular weight is 276 g/mol. The fourth-order valence-corrected chi connectivity index (χ4v) is 2.19. The highest BCUT2D eigenvalue weighted by atomic mass is 35.5. The summed E-state index contributed by atoms with van der Waals surface area (Å²) in [5.41, 5.74) is 5.66. The van der Waals surface area contributed by atoms with Crippen molar-refractivity contribution in [3.8, 4) is 0 Å². The van der Waals surface area contributed by atoms with Crippen LogP contribution in [0.4, 0.5) is 0 Å². The van der Waals surface area contributed by atoms with Crippen LogP contribution in [-0.2, 0) is 0 Å². The maximum absolute atomic E-state index is 9.84. The molecule has 6 heteroatoms. The van der Waals surface area contributed by atoms with Crippen LogP contribution >= 0.6 is 22.9 Å². The van der Waals surface area contributed by atoms with Crippen LogP contribution in [0.5, 0.6) is 0 Å². The topological polar surface area (TPSA) is 70.6 Å². The molecule has 0 amide bonds. The first kappa shape index (κ1) is 14.3. The molecule has 1 atom stereocenters. The van der Waals surface area contributed by atoms with Gasteiger partial charge in [-0.15, -0.1) is 11.3 Å². The zero-order valence-corrected chi connectivity index (χ0v) is 11.6. The molecule has 0 saturated heterocycles. The summed E-state index contributed by atoms with van der Waals surface area (Å²) in [6.07, 6.45) is -0.611. The molecule has 0 radical (unpaired) electrons. The van der Waals surface area contributed by atoms with Gasteiger partial charge in [0.25, 0.3) is 0 Å². The number of guanidine groups is 1. The molecule has 1 rings (SSSR count). The Morgan fingerprint density at radius 3 is 2.82 bits per heavy atom. The molecule has 0 aliphatic carbocycles. The molecule has 0 bridgehead atoms. The summed E-state index contributed by atoms with van der Waals surface area (Å²) in [5, 5.41) is 12.7. The quantitative estimate of drug-likeness (QED) is 0.569. The Bertz CT molecular complexity index is 379. The Morgan fingerprint density at radius 1 is 1.59 bits per heavy atom. The van der Waals surface area contributed by atoms with Gasteiger partial charge in [0.15, 0.2) is 5.96 Å². The van der Waals surface area contributed by atoms with Gasteiger partial charge in [0, 0.05) is 18.0 Å². The number of aliphatic imine (C=N–C) groups is 1. The average Bonchev–Trinajstić information content (AvgIpc) is 2.70. The molecule has 0 saturated carbocycles. The van der Waals surface area contributed by atoms with Crippen LogP contribution in [0.3, 0.4) is 0 Å². The lowest BCUT2D eigenvalue weighted by atomic mass is 10.2. The lowest BCUT2D eigenvalue weighted by Gasteiger charge is -2.11. The second kappa shape index (κ2) is 6.83. The number of nitrogens with one attached hydrogen (secondary N) is 1. The van der Waals surface area contributed by atoms with Crippen molar-refractivity contribution in [1.82, 2.24) is 5.32 Å². The van der Waals surface area contributed by atoms with E-state index < -0.39 is 6.10 Å². The van der Waals surface area contributed by atoms with Crippen LogP contribution in [0.1, 0.15) is 24.8 Å². The van der Waals surface area contributed by atoms with Gasteiger partial charge in [-0.1, -0.05) is 25.4 Å². The van der Waals surface area contributed by atoms with E-state index >= 15 is 0 Å². The van der Waals surface area contributed by atoms with Crippen molar-refractivity contribution in [1.29, 1.82) is 0 Å². The minimum Gasteiger partial charge on any atom is -0.386 e. The lowest BCUT2D eigenvalue weighted by Crippen LogP contribution is -2.35. The van der Waals surface area contributed by atoms with E-state index in [1.54, 1.807) is 12.1 Å². The van der Waals surface area contributed by atoms with Gasteiger partial charge in [0.2, 0.25) is 0 Å². The molecule has 0 aromatic carbocycles. The summed E-state index contributed by atoms with van der Waals surface area (Å²) in [5.74, 6) is 0.830. The Morgan fingerprint density at radius 2 is 2.29 bits per heavy atom. The van der Waals surface area contributed by atoms with Crippen molar-refractivity contribution in [2.45, 2.75) is 20.0 Å². The number of halogens is 1. The van der Waals surface area contributed by atoms with Crippen LogP contribution < -0.4 is 11.1 Å². The van der Waals surface area contributed by atoms with Gasteiger partial charge in [-0.2, -0.15) is 0 Å². The van der Waals surface area contributed by atoms with Crippen molar-refractivity contribution >= 4 is 28.9 Å². The minimum atomic E-state index is -0.611. The molecule has 0 spiro atoms. The Kier molecular flexibility index (Phi) is 5.74. The third-order valence-electron chi connectivity index (χ3n) is 2.03. The van der Waals surface area contributed by atoms with Crippen molar-refractivity contribution < 1.29 is 5.11 Å². The van der Waals surface area contributed by atoms with Crippen LogP contribution in [0.15, 0.2) is 17.1 Å². The fraction of sp³-hybridized carbons (Fsp3) is 0.545. The molecular formula is C11H18ClN3OS. The molecule has 1 aromatic rings. The zero-order chi connectivity index (χ0) is 12.8. The van der Waals surface area contributed by atoms with Gasteiger partial charge in [-0.25, -0.2) is 0 Å². The number of thiophene rings is 1. The van der Waals surface area contributed by atoms with Crippen LogP contribution in [0.25, 0.3) is 0 Å². The fourth-order valence-electron chi connectivity index (χ4n) is 1.15. The first-order chi connectivity index (χ1) is 7.99. The number of nitrogens with two attached hydrogens (primary N) is 1. The van der Waals surface area contributed by atoms with Gasteiger partial charge in [-0.05, 0) is 18.1 Å². The third kappa shape index (κ3) is 5.39. The summed E-state index contributed by atoms with van der Waals surface area (Å²) >= 11 is 7.15. The highest BCUT2D eigenvalue weighted by molar-refractivity contribution is 7.16. The van der Waals surface area contributed by atoms with E-state index in [0.29, 0.717) is 29.3 Å². The summed E-state index contributed by atoms with van der Waals surface area (Å²) in [4.78, 5) is 4.96. The summed E-state index contributed by atoms with van der Waals surface area (Å²) in [6.45, 7) is 5.16. The second-order valence-electron chi connectivity index (χ2n) is 4.16. The van der Waals surface area contributed by atoms with Gasteiger partial charge in [0.05, 0.1) is 4.34 Å². The maximum atomic E-state index is 9.84. The standard InChI is InChI=1S/C11H18ClN3OS/c1-7(2)5-14-11(13)15-6-8(16)9-3-4-10(12)17-9/h3-4,7-8,16H,5-6H2,1-2H3,(H3,13,14,15). The molecule has 0 fully saturated rings. The molecule has 96 valence electrons. The smallest absolute Gasteiger partial charge is 0.188 e. The van der Waals surface area contributed by atoms with Crippen molar-refractivity contribution in [3.05, 3.63) is 21.3 Å². The van der Waals surface area contributed by atoms with Gasteiger partial charge in [0.1, 0.15) is 6.10 Å². The van der Waals surface area contributed by atoms with Crippen LogP contribution in [-0.4, -0.2) is 24.2 Å². The maximum Gasteiger partial charge on any atom is 0.188 e. The summed E-state index contributed by atoms with van der Waals surface area (Å²) in [6, 6.07) is 3.57. The van der Waals surface area contributed by atoms with E-state index in [0.717, 1.165) is 4.88 Å². The largest absolute Gasteiger partial charge is 0.386 e. The minimum absolute atomic E-state index is 0.338. The third-order valence-corrected chi connectivity index (χ3v) is 3.36. The molecule has 4 nitrogen and oxygen atoms in total. The normalized spacial score (nSPS) is 14.1. The van der Waals surface area contributed by atoms with Crippen molar-refractivity contribution in [3.63, 3.8) is 0 Å². The van der Waals surface area contributed by atoms with Gasteiger partial charge in [-0.3, -0.25) is 4.99 Å². The Balaban J connectivity index is 2.37. The van der Waals surface area contributed by atoms with Crippen molar-refractivity contribution in [2.24, 2.45) is 16.6 Å². The molecule has 1 aromatic heterocycles. The molecule has 4 N–H and O–H groups in total. The van der Waals surface area contributed by atoms with Gasteiger partial charge < -0.3 is 16.2 Å². The molecular weight excluding hydrogens is 258 g/mol. The number of aliphatic hydroxyl groups is 1. The zero-order valence-electron chi connectivity index (χ0n) is 9.98. The summed E-state index contributed by atoms with van der Waals surface area (Å²) in [7, 11) is 0. The predicted octanol–water partition coefficient (Wildman–Crippen LogP) is 2.00. The molecule has 1 heterocycles. The Hall–Kier alpha value is -0.780.